The van der Waals surface area contributed by atoms with Crippen LogP contribution in [-0.4, -0.2) is 15.6 Å². The minimum Gasteiger partial charge on any atom is -0.383 e. The number of nitrogens with two attached hydrogens (primary N) is 1. The Balaban J connectivity index is 2.35. The van der Waals surface area contributed by atoms with Gasteiger partial charge in [-0.25, -0.2) is 4.79 Å². The van der Waals surface area contributed by atoms with E-state index in [1.165, 1.54) is 4.57 Å². The van der Waals surface area contributed by atoms with Gasteiger partial charge >= 0.3 is 5.69 Å². The minimum absolute atomic E-state index is 0.128. The highest BCUT2D eigenvalue weighted by atomic mass is 16.2. The van der Waals surface area contributed by atoms with Crippen LogP contribution < -0.4 is 22.3 Å². The molecule has 0 amide bonds. The Bertz CT molecular complexity index is 615. The number of H-pyrrole nitrogens is 1. The molecule has 0 aromatic carbocycles. The zero-order valence-corrected chi connectivity index (χ0v) is 13.2. The fourth-order valence-electron chi connectivity index (χ4n) is 3.03. The SMILES string of the molecule is CCCCn1c(N)c(NC2CCCC2(C)C)c(=O)[nH]c1=O. The number of aromatic nitrogens is 2. The minimum atomic E-state index is -0.429. The quantitative estimate of drug-likeness (QED) is 0.773. The lowest BCUT2D eigenvalue weighted by Gasteiger charge is -2.29. The molecule has 1 atom stereocenters. The molecule has 0 radical (unpaired) electrons. The lowest BCUT2D eigenvalue weighted by molar-refractivity contribution is 0.349. The Kier molecular flexibility index (Phi) is 4.44. The second kappa shape index (κ2) is 5.95. The highest BCUT2D eigenvalue weighted by Gasteiger charge is 2.35. The lowest BCUT2D eigenvalue weighted by atomic mass is 9.87. The maximum atomic E-state index is 12.1. The van der Waals surface area contributed by atoms with Crippen molar-refractivity contribution in [1.29, 1.82) is 0 Å². The Labute approximate surface area is 124 Å². The molecule has 1 heterocycles. The number of unbranched alkanes of at least 4 members (excludes halogenated alkanes) is 1. The normalized spacial score (nSPS) is 20.6. The summed E-state index contributed by atoms with van der Waals surface area (Å²) in [6.45, 7) is 6.96. The summed E-state index contributed by atoms with van der Waals surface area (Å²) in [4.78, 5) is 26.3. The molecule has 1 aromatic rings. The van der Waals surface area contributed by atoms with Crippen LogP contribution in [0.25, 0.3) is 0 Å². The van der Waals surface area contributed by atoms with Gasteiger partial charge in [0.05, 0.1) is 0 Å². The molecule has 118 valence electrons. The van der Waals surface area contributed by atoms with Crippen molar-refractivity contribution < 1.29 is 0 Å². The Morgan fingerprint density at radius 2 is 2.14 bits per heavy atom. The fraction of sp³-hybridized carbons (Fsp3) is 0.733. The highest BCUT2D eigenvalue weighted by Crippen LogP contribution is 2.39. The highest BCUT2D eigenvalue weighted by molar-refractivity contribution is 5.61. The van der Waals surface area contributed by atoms with Crippen LogP contribution in [0.4, 0.5) is 11.5 Å². The van der Waals surface area contributed by atoms with Gasteiger partial charge in [0.1, 0.15) is 11.5 Å². The zero-order valence-electron chi connectivity index (χ0n) is 13.2. The van der Waals surface area contributed by atoms with Crippen molar-refractivity contribution in [1.82, 2.24) is 9.55 Å². The lowest BCUT2D eigenvalue weighted by Crippen LogP contribution is -2.38. The molecule has 1 saturated carbocycles. The molecule has 0 saturated heterocycles. The molecule has 2 rings (SSSR count). The van der Waals surface area contributed by atoms with Crippen molar-refractivity contribution in [3.8, 4) is 0 Å². The van der Waals surface area contributed by atoms with E-state index in [4.69, 9.17) is 5.73 Å². The van der Waals surface area contributed by atoms with Gasteiger partial charge in [-0.1, -0.05) is 33.6 Å². The van der Waals surface area contributed by atoms with Gasteiger partial charge in [0, 0.05) is 12.6 Å². The summed E-state index contributed by atoms with van der Waals surface area (Å²) < 4.78 is 1.45. The predicted octanol–water partition coefficient (Wildman–Crippen LogP) is 1.91. The van der Waals surface area contributed by atoms with Gasteiger partial charge in [0.2, 0.25) is 0 Å². The summed E-state index contributed by atoms with van der Waals surface area (Å²) in [5, 5.41) is 3.28. The molecular weight excluding hydrogens is 268 g/mol. The van der Waals surface area contributed by atoms with Gasteiger partial charge in [-0.2, -0.15) is 0 Å². The number of nitrogen functional groups attached to an aromatic ring is 1. The second-order valence-corrected chi connectivity index (χ2v) is 6.60. The summed E-state index contributed by atoms with van der Waals surface area (Å²) in [5.74, 6) is 0.250. The van der Waals surface area contributed by atoms with Crippen molar-refractivity contribution in [3.05, 3.63) is 20.8 Å². The van der Waals surface area contributed by atoms with E-state index >= 15 is 0 Å². The molecule has 1 fully saturated rings. The number of hydrogen-bond donors (Lipinski definition) is 3. The van der Waals surface area contributed by atoms with E-state index in [1.54, 1.807) is 0 Å². The molecule has 1 unspecified atom stereocenters. The summed E-state index contributed by atoms with van der Waals surface area (Å²) in [6.07, 6.45) is 5.09. The average molecular weight is 294 g/mol. The van der Waals surface area contributed by atoms with Crippen molar-refractivity contribution in [2.75, 3.05) is 11.1 Å². The summed E-state index contributed by atoms with van der Waals surface area (Å²) in [6, 6.07) is 0.207. The third-order valence-corrected chi connectivity index (χ3v) is 4.55. The molecule has 4 N–H and O–H groups in total. The number of nitrogens with one attached hydrogen (secondary N) is 2. The first kappa shape index (κ1) is 15.7. The maximum Gasteiger partial charge on any atom is 0.330 e. The number of anilines is 2. The van der Waals surface area contributed by atoms with Crippen LogP contribution in [0.5, 0.6) is 0 Å². The monoisotopic (exact) mass is 294 g/mol. The third-order valence-electron chi connectivity index (χ3n) is 4.55. The van der Waals surface area contributed by atoms with Crippen LogP contribution in [0.15, 0.2) is 9.59 Å². The van der Waals surface area contributed by atoms with Crippen molar-refractivity contribution in [2.24, 2.45) is 5.41 Å². The standard InChI is InChI=1S/C15H26N4O2/c1-4-5-9-19-12(16)11(13(20)18-14(19)21)17-10-7-6-8-15(10,2)3/h10,17H,4-9,16H2,1-3H3,(H,18,20,21). The third kappa shape index (κ3) is 3.14. The summed E-state index contributed by atoms with van der Waals surface area (Å²) >= 11 is 0. The van der Waals surface area contributed by atoms with Gasteiger partial charge in [-0.15, -0.1) is 0 Å². The molecule has 6 heteroatoms. The van der Waals surface area contributed by atoms with Crippen molar-refractivity contribution >= 4 is 11.5 Å². The molecule has 0 aliphatic heterocycles. The van der Waals surface area contributed by atoms with Crippen LogP contribution >= 0.6 is 0 Å². The Hall–Kier alpha value is -1.72. The first-order chi connectivity index (χ1) is 9.86. The van der Waals surface area contributed by atoms with Crippen molar-refractivity contribution in [2.45, 2.75) is 65.5 Å². The number of hydrogen-bond acceptors (Lipinski definition) is 4. The van der Waals surface area contributed by atoms with Crippen LogP contribution in [0.2, 0.25) is 0 Å². The van der Waals surface area contributed by atoms with Gasteiger partial charge < -0.3 is 11.1 Å². The van der Waals surface area contributed by atoms with Gasteiger partial charge in [-0.05, 0) is 24.7 Å². The van der Waals surface area contributed by atoms with Crippen LogP contribution in [-0.2, 0) is 6.54 Å². The largest absolute Gasteiger partial charge is 0.383 e. The topological polar surface area (TPSA) is 92.9 Å². The van der Waals surface area contributed by atoms with E-state index in [-0.39, 0.29) is 17.3 Å². The Morgan fingerprint density at radius 3 is 2.71 bits per heavy atom. The predicted molar refractivity (Wildman–Crippen MR) is 85.7 cm³/mol. The molecular formula is C15H26N4O2. The molecule has 1 aromatic heterocycles. The second-order valence-electron chi connectivity index (χ2n) is 6.60. The number of nitrogens with zero attached hydrogens (tertiary/aromatic N) is 1. The van der Waals surface area contributed by atoms with Crippen molar-refractivity contribution in [3.63, 3.8) is 0 Å². The molecule has 0 spiro atoms. The first-order valence-electron chi connectivity index (χ1n) is 7.76. The van der Waals surface area contributed by atoms with E-state index in [9.17, 15) is 9.59 Å². The average Bonchev–Trinajstić information content (AvgIpc) is 2.73. The fourth-order valence-corrected chi connectivity index (χ4v) is 3.03. The molecule has 0 bridgehead atoms. The Morgan fingerprint density at radius 1 is 1.43 bits per heavy atom. The maximum absolute atomic E-state index is 12.1. The zero-order chi connectivity index (χ0) is 15.6. The van der Waals surface area contributed by atoms with Crippen LogP contribution in [0.3, 0.4) is 0 Å². The van der Waals surface area contributed by atoms with E-state index < -0.39 is 11.2 Å². The van der Waals surface area contributed by atoms with E-state index in [2.05, 4.69) is 24.1 Å². The first-order valence-corrected chi connectivity index (χ1v) is 7.76. The number of rotatable bonds is 5. The summed E-state index contributed by atoms with van der Waals surface area (Å²) in [5.41, 5.74) is 5.69. The molecule has 1 aliphatic carbocycles. The molecule has 21 heavy (non-hydrogen) atoms. The summed E-state index contributed by atoms with van der Waals surface area (Å²) in [7, 11) is 0. The van der Waals surface area contributed by atoms with E-state index in [0.717, 1.165) is 32.1 Å². The van der Waals surface area contributed by atoms with Crippen LogP contribution in [0.1, 0.15) is 52.9 Å². The van der Waals surface area contributed by atoms with Gasteiger partial charge in [0.15, 0.2) is 0 Å². The molecule has 6 nitrogen and oxygen atoms in total. The van der Waals surface area contributed by atoms with E-state index in [0.29, 0.717) is 12.2 Å². The van der Waals surface area contributed by atoms with Gasteiger partial charge in [-0.3, -0.25) is 14.3 Å². The van der Waals surface area contributed by atoms with E-state index in [1.807, 2.05) is 6.92 Å². The smallest absolute Gasteiger partial charge is 0.330 e. The molecule has 1 aliphatic rings. The van der Waals surface area contributed by atoms with Gasteiger partial charge in [0.25, 0.3) is 5.56 Å². The number of aromatic amines is 1. The van der Waals surface area contributed by atoms with Crippen LogP contribution in [0, 0.1) is 5.41 Å².